The highest BCUT2D eigenvalue weighted by Gasteiger charge is 2.08. The zero-order valence-electron chi connectivity index (χ0n) is 11.2. The van der Waals surface area contributed by atoms with Crippen LogP contribution in [0.25, 0.3) is 5.69 Å². The van der Waals surface area contributed by atoms with Crippen LogP contribution in [0, 0.1) is 0 Å². The van der Waals surface area contributed by atoms with Crippen molar-refractivity contribution in [3.05, 3.63) is 53.0 Å². The van der Waals surface area contributed by atoms with Gasteiger partial charge in [0, 0.05) is 10.2 Å². The van der Waals surface area contributed by atoms with E-state index in [1.165, 1.54) is 0 Å². The molecule has 0 amide bonds. The molecular formula is C14H12BrN5O. The van der Waals surface area contributed by atoms with Crippen molar-refractivity contribution in [2.75, 3.05) is 12.4 Å². The summed E-state index contributed by atoms with van der Waals surface area (Å²) in [6, 6.07) is 15.3. The third-order valence-corrected chi connectivity index (χ3v) is 3.36. The van der Waals surface area contributed by atoms with Crippen LogP contribution in [-0.4, -0.2) is 27.3 Å². The molecule has 0 atom stereocenters. The second-order valence-corrected chi connectivity index (χ2v) is 5.16. The maximum atomic E-state index is 5.14. The van der Waals surface area contributed by atoms with E-state index in [9.17, 15) is 0 Å². The maximum Gasteiger partial charge on any atom is 0.252 e. The van der Waals surface area contributed by atoms with Crippen LogP contribution in [0.5, 0.6) is 5.75 Å². The number of hydrogen-bond donors (Lipinski definition) is 1. The highest BCUT2D eigenvalue weighted by Crippen LogP contribution is 2.21. The Morgan fingerprint density at radius 3 is 2.67 bits per heavy atom. The van der Waals surface area contributed by atoms with E-state index in [-0.39, 0.29) is 0 Å². The van der Waals surface area contributed by atoms with Gasteiger partial charge in [-0.25, -0.2) is 0 Å². The molecule has 6 nitrogen and oxygen atoms in total. The number of halogens is 1. The molecular weight excluding hydrogens is 334 g/mol. The molecule has 7 heteroatoms. The van der Waals surface area contributed by atoms with E-state index in [0.29, 0.717) is 5.95 Å². The number of tetrazole rings is 1. The van der Waals surface area contributed by atoms with Crippen molar-refractivity contribution in [3.63, 3.8) is 0 Å². The zero-order valence-corrected chi connectivity index (χ0v) is 12.8. The molecule has 0 aliphatic rings. The van der Waals surface area contributed by atoms with E-state index in [1.807, 2.05) is 48.5 Å². The van der Waals surface area contributed by atoms with Crippen LogP contribution in [-0.2, 0) is 0 Å². The van der Waals surface area contributed by atoms with Crippen LogP contribution in [0.15, 0.2) is 53.0 Å². The predicted molar refractivity (Wildman–Crippen MR) is 83.1 cm³/mol. The lowest BCUT2D eigenvalue weighted by Crippen LogP contribution is -2.03. The lowest BCUT2D eigenvalue weighted by Gasteiger charge is -2.08. The lowest BCUT2D eigenvalue weighted by molar-refractivity contribution is 0.414. The van der Waals surface area contributed by atoms with E-state index in [0.717, 1.165) is 21.6 Å². The normalized spacial score (nSPS) is 10.4. The first-order valence-corrected chi connectivity index (χ1v) is 7.01. The molecule has 1 N–H and O–H groups in total. The second kappa shape index (κ2) is 5.92. The van der Waals surface area contributed by atoms with E-state index in [2.05, 4.69) is 36.8 Å². The molecule has 0 saturated carbocycles. The molecule has 106 valence electrons. The van der Waals surface area contributed by atoms with Crippen molar-refractivity contribution in [1.82, 2.24) is 20.2 Å². The Morgan fingerprint density at radius 1 is 1.14 bits per heavy atom. The van der Waals surface area contributed by atoms with Crippen LogP contribution in [0.4, 0.5) is 11.6 Å². The van der Waals surface area contributed by atoms with Crippen molar-refractivity contribution >= 4 is 27.6 Å². The van der Waals surface area contributed by atoms with E-state index < -0.39 is 0 Å². The largest absolute Gasteiger partial charge is 0.497 e. The Labute approximate surface area is 129 Å². The van der Waals surface area contributed by atoms with Gasteiger partial charge in [-0.3, -0.25) is 0 Å². The van der Waals surface area contributed by atoms with E-state index in [1.54, 1.807) is 11.8 Å². The van der Waals surface area contributed by atoms with E-state index >= 15 is 0 Å². The number of nitrogens with zero attached hydrogens (tertiary/aromatic N) is 4. The Morgan fingerprint density at radius 2 is 1.95 bits per heavy atom. The minimum absolute atomic E-state index is 0.540. The van der Waals surface area contributed by atoms with Gasteiger partial charge in [0.25, 0.3) is 5.95 Å². The van der Waals surface area contributed by atoms with Crippen molar-refractivity contribution in [2.45, 2.75) is 0 Å². The fourth-order valence-corrected chi connectivity index (χ4v) is 2.26. The van der Waals surface area contributed by atoms with Crippen LogP contribution >= 0.6 is 15.9 Å². The Kier molecular flexibility index (Phi) is 3.83. The number of nitrogens with one attached hydrogen (secondary N) is 1. The molecule has 0 unspecified atom stereocenters. The Bertz CT molecular complexity index is 741. The summed E-state index contributed by atoms with van der Waals surface area (Å²) < 4.78 is 7.75. The van der Waals surface area contributed by atoms with Gasteiger partial charge in [-0.1, -0.05) is 27.1 Å². The summed E-state index contributed by atoms with van der Waals surface area (Å²) in [7, 11) is 1.63. The average molecular weight is 346 g/mol. The fourth-order valence-electron chi connectivity index (χ4n) is 1.86. The number of anilines is 2. The molecule has 1 aromatic heterocycles. The van der Waals surface area contributed by atoms with Crippen LogP contribution in [0.2, 0.25) is 0 Å². The van der Waals surface area contributed by atoms with Crippen molar-refractivity contribution in [2.24, 2.45) is 0 Å². The summed E-state index contributed by atoms with van der Waals surface area (Å²) in [5.74, 6) is 1.33. The first-order valence-electron chi connectivity index (χ1n) is 6.21. The summed E-state index contributed by atoms with van der Waals surface area (Å²) in [4.78, 5) is 0. The lowest BCUT2D eigenvalue weighted by atomic mass is 10.3. The molecule has 0 radical (unpaired) electrons. The first-order chi connectivity index (χ1) is 10.3. The molecule has 3 rings (SSSR count). The number of benzene rings is 2. The van der Waals surface area contributed by atoms with Gasteiger partial charge in [0.05, 0.1) is 12.8 Å². The highest BCUT2D eigenvalue weighted by atomic mass is 79.9. The molecule has 21 heavy (non-hydrogen) atoms. The second-order valence-electron chi connectivity index (χ2n) is 4.25. The van der Waals surface area contributed by atoms with Crippen LogP contribution in [0.1, 0.15) is 0 Å². The molecule has 0 spiro atoms. The van der Waals surface area contributed by atoms with Gasteiger partial charge in [-0.15, -0.1) is 0 Å². The average Bonchev–Trinajstić information content (AvgIpc) is 2.95. The number of rotatable bonds is 4. The molecule has 1 heterocycles. The molecule has 2 aromatic carbocycles. The smallest absolute Gasteiger partial charge is 0.252 e. The summed E-state index contributed by atoms with van der Waals surface area (Å²) in [6.45, 7) is 0. The molecule has 3 aromatic rings. The van der Waals surface area contributed by atoms with Gasteiger partial charge >= 0.3 is 0 Å². The molecule has 0 fully saturated rings. The summed E-state index contributed by atoms with van der Waals surface area (Å²) >= 11 is 3.43. The molecule has 0 saturated heterocycles. The van der Waals surface area contributed by atoms with E-state index in [4.69, 9.17) is 4.74 Å². The van der Waals surface area contributed by atoms with Crippen molar-refractivity contribution in [1.29, 1.82) is 0 Å². The predicted octanol–water partition coefficient (Wildman–Crippen LogP) is 3.18. The monoisotopic (exact) mass is 345 g/mol. The maximum absolute atomic E-state index is 5.14. The third-order valence-electron chi connectivity index (χ3n) is 2.87. The summed E-state index contributed by atoms with van der Waals surface area (Å²) in [6.07, 6.45) is 0. The quantitative estimate of drug-likeness (QED) is 0.786. The van der Waals surface area contributed by atoms with Crippen LogP contribution < -0.4 is 10.1 Å². The minimum Gasteiger partial charge on any atom is -0.497 e. The van der Waals surface area contributed by atoms with Crippen molar-refractivity contribution in [3.8, 4) is 11.4 Å². The molecule has 0 bridgehead atoms. The number of aromatic nitrogens is 4. The van der Waals surface area contributed by atoms with Crippen LogP contribution in [0.3, 0.4) is 0 Å². The molecule has 0 aliphatic heterocycles. The van der Waals surface area contributed by atoms with Gasteiger partial charge in [-0.2, -0.15) is 4.68 Å². The van der Waals surface area contributed by atoms with Gasteiger partial charge in [-0.05, 0) is 52.9 Å². The number of hydrogen-bond acceptors (Lipinski definition) is 5. The highest BCUT2D eigenvalue weighted by molar-refractivity contribution is 9.10. The topological polar surface area (TPSA) is 64.9 Å². The van der Waals surface area contributed by atoms with Gasteiger partial charge in [0.15, 0.2) is 0 Å². The standard InChI is InChI=1S/C14H12BrN5O/c1-21-13-7-5-12(6-8-13)20-14(17-18-19-20)16-11-4-2-3-10(15)9-11/h2-9H,1H3,(H,16,17,19). The number of methoxy groups -OCH3 is 1. The minimum atomic E-state index is 0.540. The van der Waals surface area contributed by atoms with Gasteiger partial charge < -0.3 is 10.1 Å². The summed E-state index contributed by atoms with van der Waals surface area (Å²) in [5, 5.41) is 14.9. The summed E-state index contributed by atoms with van der Waals surface area (Å²) in [5.41, 5.74) is 1.74. The fraction of sp³-hybridized carbons (Fsp3) is 0.0714. The molecule has 0 aliphatic carbocycles. The Balaban J connectivity index is 1.89. The number of ether oxygens (including phenoxy) is 1. The first kappa shape index (κ1) is 13.6. The SMILES string of the molecule is COc1ccc(-n2nnnc2Nc2cccc(Br)c2)cc1. The van der Waals surface area contributed by atoms with Gasteiger partial charge in [0.2, 0.25) is 0 Å². The van der Waals surface area contributed by atoms with Crippen molar-refractivity contribution < 1.29 is 4.74 Å². The third kappa shape index (κ3) is 3.03. The Hall–Kier alpha value is -2.41. The van der Waals surface area contributed by atoms with Gasteiger partial charge in [0.1, 0.15) is 5.75 Å². The zero-order chi connectivity index (χ0) is 14.7.